The average Bonchev–Trinajstić information content (AvgIpc) is 2.06. The Morgan fingerprint density at radius 3 is 2.06 bits per heavy atom. The minimum atomic E-state index is 0.262. The van der Waals surface area contributed by atoms with E-state index in [1.54, 1.807) is 6.92 Å². The molecule has 0 radical (unpaired) electrons. The van der Waals surface area contributed by atoms with Gasteiger partial charge in [-0.3, -0.25) is 4.90 Å². The van der Waals surface area contributed by atoms with Gasteiger partial charge in [-0.05, 0) is 66.3 Å². The molecule has 0 bridgehead atoms. The Morgan fingerprint density at radius 1 is 1.18 bits per heavy atom. The Labute approximate surface area is 107 Å². The van der Waals surface area contributed by atoms with Crippen molar-refractivity contribution in [1.29, 1.82) is 0 Å². The van der Waals surface area contributed by atoms with E-state index < -0.39 is 0 Å². The lowest BCUT2D eigenvalue weighted by atomic mass is 9.74. The van der Waals surface area contributed by atoms with Crippen LogP contribution >= 0.6 is 0 Å². The summed E-state index contributed by atoms with van der Waals surface area (Å²) >= 11 is 0. The van der Waals surface area contributed by atoms with Gasteiger partial charge in [0.05, 0.1) is 0 Å². The van der Waals surface area contributed by atoms with Crippen molar-refractivity contribution in [3.05, 3.63) is 0 Å². The van der Waals surface area contributed by atoms with Gasteiger partial charge < -0.3 is 4.79 Å². The van der Waals surface area contributed by atoms with Crippen LogP contribution in [0.15, 0.2) is 0 Å². The molecule has 1 aliphatic rings. The minimum Gasteiger partial charge on any atom is -0.300 e. The van der Waals surface area contributed by atoms with Crippen LogP contribution in [0, 0.1) is 5.92 Å². The van der Waals surface area contributed by atoms with Crippen molar-refractivity contribution >= 4 is 5.78 Å². The zero-order chi connectivity index (χ0) is 13.3. The molecule has 1 saturated heterocycles. The normalized spacial score (nSPS) is 24.8. The maximum absolute atomic E-state index is 11.0. The van der Waals surface area contributed by atoms with E-state index in [4.69, 9.17) is 0 Å². The molecule has 0 saturated carbocycles. The topological polar surface area (TPSA) is 20.3 Å². The van der Waals surface area contributed by atoms with Gasteiger partial charge in [-0.15, -0.1) is 0 Å². The summed E-state index contributed by atoms with van der Waals surface area (Å²) in [6, 6.07) is 0. The molecule has 0 aromatic rings. The molecule has 0 aromatic heterocycles. The highest BCUT2D eigenvalue weighted by Crippen LogP contribution is 2.41. The Balaban J connectivity index is 2.68. The van der Waals surface area contributed by atoms with Crippen LogP contribution in [0.4, 0.5) is 0 Å². The molecule has 0 aliphatic carbocycles. The van der Waals surface area contributed by atoms with E-state index in [1.807, 2.05) is 0 Å². The number of ketones is 1. The third kappa shape index (κ3) is 3.80. The molecule has 2 heteroatoms. The van der Waals surface area contributed by atoms with Crippen LogP contribution in [-0.4, -0.2) is 28.3 Å². The summed E-state index contributed by atoms with van der Waals surface area (Å²) in [5.74, 6) is 1.11. The Kier molecular flexibility index (Phi) is 4.40. The van der Waals surface area contributed by atoms with Gasteiger partial charge in [0.2, 0.25) is 0 Å². The van der Waals surface area contributed by atoms with Crippen LogP contribution < -0.4 is 0 Å². The summed E-state index contributed by atoms with van der Waals surface area (Å²) in [5.41, 5.74) is 0.524. The first-order valence-electron chi connectivity index (χ1n) is 6.92. The molecule has 100 valence electrons. The maximum Gasteiger partial charge on any atom is 0.129 e. The van der Waals surface area contributed by atoms with Gasteiger partial charge >= 0.3 is 0 Å². The first kappa shape index (κ1) is 14.7. The molecular weight excluding hydrogens is 210 g/mol. The third-order valence-electron chi connectivity index (χ3n) is 4.07. The number of hydrogen-bond donors (Lipinski definition) is 0. The van der Waals surface area contributed by atoms with E-state index in [-0.39, 0.29) is 11.1 Å². The quantitative estimate of drug-likeness (QED) is 0.746. The molecule has 0 aromatic carbocycles. The highest BCUT2D eigenvalue weighted by molar-refractivity contribution is 5.75. The fraction of sp³-hybridized carbons (Fsp3) is 0.933. The summed E-state index contributed by atoms with van der Waals surface area (Å²) in [6.07, 6.45) is 4.24. The predicted molar refractivity (Wildman–Crippen MR) is 73.2 cm³/mol. The molecule has 17 heavy (non-hydrogen) atoms. The van der Waals surface area contributed by atoms with Gasteiger partial charge in [-0.2, -0.15) is 0 Å². The van der Waals surface area contributed by atoms with Crippen molar-refractivity contribution in [3.63, 3.8) is 0 Å². The van der Waals surface area contributed by atoms with Crippen LogP contribution in [0.3, 0.4) is 0 Å². The third-order valence-corrected chi connectivity index (χ3v) is 4.07. The second kappa shape index (κ2) is 5.09. The van der Waals surface area contributed by atoms with Crippen molar-refractivity contribution in [2.75, 3.05) is 6.54 Å². The molecule has 0 amide bonds. The number of carbonyl (C=O) groups excluding carboxylic acids is 1. The average molecular weight is 239 g/mol. The van der Waals surface area contributed by atoms with Crippen molar-refractivity contribution in [2.45, 2.75) is 78.3 Å². The number of likely N-dealkylation sites (tertiary alicyclic amines) is 1. The van der Waals surface area contributed by atoms with Gasteiger partial charge in [0.15, 0.2) is 0 Å². The van der Waals surface area contributed by atoms with Crippen LogP contribution in [0.2, 0.25) is 0 Å². The van der Waals surface area contributed by atoms with Crippen LogP contribution in [0.5, 0.6) is 0 Å². The monoisotopic (exact) mass is 239 g/mol. The minimum absolute atomic E-state index is 0.262. The highest BCUT2D eigenvalue weighted by atomic mass is 16.1. The smallest absolute Gasteiger partial charge is 0.129 e. The number of hydrogen-bond acceptors (Lipinski definition) is 2. The number of piperidine rings is 1. The maximum atomic E-state index is 11.0. The Morgan fingerprint density at radius 2 is 1.65 bits per heavy atom. The summed E-state index contributed by atoms with van der Waals surface area (Å²) in [4.78, 5) is 13.7. The van der Waals surface area contributed by atoms with Gasteiger partial charge in [-0.25, -0.2) is 0 Å². The molecule has 1 fully saturated rings. The van der Waals surface area contributed by atoms with Crippen LogP contribution in [0.25, 0.3) is 0 Å². The predicted octanol–water partition coefficient (Wildman–Crippen LogP) is 3.64. The van der Waals surface area contributed by atoms with Crippen LogP contribution in [0.1, 0.15) is 67.2 Å². The van der Waals surface area contributed by atoms with E-state index in [1.165, 1.54) is 12.8 Å². The summed E-state index contributed by atoms with van der Waals surface area (Å²) in [7, 11) is 0. The molecule has 1 heterocycles. The van der Waals surface area contributed by atoms with E-state index >= 15 is 0 Å². The lowest BCUT2D eigenvalue weighted by Crippen LogP contribution is -2.60. The fourth-order valence-corrected chi connectivity index (χ4v) is 3.91. The fourth-order valence-electron chi connectivity index (χ4n) is 3.91. The van der Waals surface area contributed by atoms with E-state index in [0.717, 1.165) is 25.3 Å². The second-order valence-electron chi connectivity index (χ2n) is 7.10. The van der Waals surface area contributed by atoms with Crippen molar-refractivity contribution in [1.82, 2.24) is 4.90 Å². The molecule has 0 spiro atoms. The zero-order valence-electron chi connectivity index (χ0n) is 12.5. The lowest BCUT2D eigenvalue weighted by Gasteiger charge is -2.55. The number of rotatable bonds is 4. The van der Waals surface area contributed by atoms with Gasteiger partial charge in [0.25, 0.3) is 0 Å². The SMILES string of the molecule is CC(=O)CCCN1C(C)(C)CC(C)CC1(C)C. The second-order valence-corrected chi connectivity index (χ2v) is 7.10. The summed E-state index contributed by atoms with van der Waals surface area (Å²) in [5, 5.41) is 0. The first-order valence-corrected chi connectivity index (χ1v) is 6.92. The molecule has 1 rings (SSSR count). The van der Waals surface area contributed by atoms with E-state index in [2.05, 4.69) is 39.5 Å². The van der Waals surface area contributed by atoms with E-state index in [9.17, 15) is 4.79 Å². The molecule has 1 aliphatic heterocycles. The Hall–Kier alpha value is -0.370. The Bertz CT molecular complexity index is 263. The highest BCUT2D eigenvalue weighted by Gasteiger charge is 2.43. The zero-order valence-corrected chi connectivity index (χ0v) is 12.5. The van der Waals surface area contributed by atoms with Gasteiger partial charge in [-0.1, -0.05) is 6.92 Å². The summed E-state index contributed by atoms with van der Waals surface area (Å²) in [6.45, 7) is 14.5. The number of carbonyl (C=O) groups is 1. The largest absolute Gasteiger partial charge is 0.300 e. The van der Waals surface area contributed by atoms with E-state index in [0.29, 0.717) is 5.78 Å². The lowest BCUT2D eigenvalue weighted by molar-refractivity contribution is -0.117. The molecular formula is C15H29NO. The van der Waals surface area contributed by atoms with Gasteiger partial charge in [0, 0.05) is 17.5 Å². The van der Waals surface area contributed by atoms with Crippen molar-refractivity contribution < 1.29 is 4.79 Å². The van der Waals surface area contributed by atoms with Crippen molar-refractivity contribution in [2.24, 2.45) is 5.92 Å². The van der Waals surface area contributed by atoms with Crippen molar-refractivity contribution in [3.8, 4) is 0 Å². The molecule has 2 nitrogen and oxygen atoms in total. The standard InChI is InChI=1S/C15H29NO/c1-12-10-14(3,4)16(15(5,6)11-12)9-7-8-13(2)17/h12H,7-11H2,1-6H3. The molecule has 0 N–H and O–H groups in total. The van der Waals surface area contributed by atoms with Crippen LogP contribution in [-0.2, 0) is 4.79 Å². The number of nitrogens with zero attached hydrogens (tertiary/aromatic N) is 1. The summed E-state index contributed by atoms with van der Waals surface area (Å²) < 4.78 is 0. The molecule has 0 unspecified atom stereocenters. The first-order chi connectivity index (χ1) is 7.65. The molecule has 0 atom stereocenters. The number of Topliss-reactive ketones (excluding diaryl/α,β-unsaturated/α-hetero) is 1. The van der Waals surface area contributed by atoms with Gasteiger partial charge in [0.1, 0.15) is 5.78 Å².